The first kappa shape index (κ1) is 11.5. The van der Waals surface area contributed by atoms with Crippen LogP contribution in [0.1, 0.15) is 37.7 Å². The molecule has 3 nitrogen and oxygen atoms in total. The number of aliphatic imine (C=N–C) groups is 1. The molecule has 0 saturated heterocycles. The van der Waals surface area contributed by atoms with Crippen molar-refractivity contribution in [3.63, 3.8) is 0 Å². The van der Waals surface area contributed by atoms with Crippen LogP contribution in [0.3, 0.4) is 0 Å². The Morgan fingerprint density at radius 3 is 2.50 bits per heavy atom. The van der Waals surface area contributed by atoms with Gasteiger partial charge < -0.3 is 4.74 Å². The molecule has 0 aliphatic heterocycles. The van der Waals surface area contributed by atoms with Gasteiger partial charge in [-0.2, -0.15) is 4.99 Å². The van der Waals surface area contributed by atoms with E-state index in [1.54, 1.807) is 6.08 Å². The maximum absolute atomic E-state index is 10.5. The number of hydrogen-bond donors (Lipinski definition) is 0. The number of nitrogens with zero attached hydrogens (tertiary/aromatic N) is 1. The van der Waals surface area contributed by atoms with Crippen molar-refractivity contribution in [1.82, 2.24) is 0 Å². The summed E-state index contributed by atoms with van der Waals surface area (Å²) in [6.45, 7) is 0.830. The lowest BCUT2D eigenvalue weighted by Gasteiger charge is -2.37. The highest BCUT2D eigenvalue weighted by molar-refractivity contribution is 5.40. The maximum Gasteiger partial charge on any atom is 0.235 e. The number of carbonyl (C=O) groups excluding carboxylic acids is 1. The second-order valence-corrected chi connectivity index (χ2v) is 5.37. The van der Waals surface area contributed by atoms with Crippen molar-refractivity contribution in [2.45, 2.75) is 37.6 Å². The van der Waals surface area contributed by atoms with Crippen LogP contribution in [0.25, 0.3) is 0 Å². The molecule has 0 bridgehead atoms. The van der Waals surface area contributed by atoms with Crippen molar-refractivity contribution >= 4 is 6.08 Å². The Morgan fingerprint density at radius 1 is 1.28 bits per heavy atom. The Kier molecular flexibility index (Phi) is 2.92. The maximum atomic E-state index is 10.5. The summed E-state index contributed by atoms with van der Waals surface area (Å²) in [5.41, 5.74) is 0.812. The summed E-state index contributed by atoms with van der Waals surface area (Å²) in [4.78, 5) is 14.5. The molecule has 2 aliphatic rings. The molecular formula is C15H17NO2. The molecule has 0 N–H and O–H groups in total. The van der Waals surface area contributed by atoms with Gasteiger partial charge >= 0.3 is 0 Å². The molecule has 2 fully saturated rings. The fourth-order valence-electron chi connectivity index (χ4n) is 2.42. The topological polar surface area (TPSA) is 38.7 Å². The Bertz CT molecular complexity index is 466. The minimum Gasteiger partial charge on any atom is -0.493 e. The van der Waals surface area contributed by atoms with E-state index in [0.29, 0.717) is 0 Å². The standard InChI is InChI=1S/C15H17NO2/c17-11-16-15(8-1-9-15)13-4-6-14(7-5-13)18-10-12-2-3-12/h4-7,12H,1-3,8-10H2. The highest BCUT2D eigenvalue weighted by Crippen LogP contribution is 2.45. The van der Waals surface area contributed by atoms with Gasteiger partial charge in [0.1, 0.15) is 5.75 Å². The molecule has 0 amide bonds. The number of ether oxygens (including phenoxy) is 1. The molecule has 18 heavy (non-hydrogen) atoms. The number of rotatable bonds is 5. The lowest BCUT2D eigenvalue weighted by Crippen LogP contribution is -2.31. The fraction of sp³-hybridized carbons (Fsp3) is 0.533. The Balaban J connectivity index is 1.71. The minimum absolute atomic E-state index is 0.295. The van der Waals surface area contributed by atoms with Crippen LogP contribution in [0, 0.1) is 5.92 Å². The van der Waals surface area contributed by atoms with Crippen LogP contribution < -0.4 is 4.74 Å². The van der Waals surface area contributed by atoms with Crippen molar-refractivity contribution in [3.8, 4) is 5.75 Å². The first-order valence-corrected chi connectivity index (χ1v) is 6.65. The number of isocyanates is 1. The molecule has 94 valence electrons. The van der Waals surface area contributed by atoms with Gasteiger partial charge in [0.05, 0.1) is 12.1 Å². The summed E-state index contributed by atoms with van der Waals surface area (Å²) in [5, 5.41) is 0. The lowest BCUT2D eigenvalue weighted by molar-refractivity contribution is 0.255. The van der Waals surface area contributed by atoms with Crippen LogP contribution in [0.4, 0.5) is 0 Å². The van der Waals surface area contributed by atoms with Gasteiger partial charge in [0.15, 0.2) is 0 Å². The van der Waals surface area contributed by atoms with E-state index >= 15 is 0 Å². The summed E-state index contributed by atoms with van der Waals surface area (Å²) in [6.07, 6.45) is 7.35. The lowest BCUT2D eigenvalue weighted by atomic mass is 9.72. The molecule has 3 heteroatoms. The Hall–Kier alpha value is -1.60. The third-order valence-electron chi connectivity index (χ3n) is 4.01. The third-order valence-corrected chi connectivity index (χ3v) is 4.01. The molecule has 2 saturated carbocycles. The summed E-state index contributed by atoms with van der Waals surface area (Å²) in [5.74, 6) is 1.68. The average molecular weight is 243 g/mol. The molecular weight excluding hydrogens is 226 g/mol. The Labute approximate surface area is 107 Å². The van der Waals surface area contributed by atoms with Gasteiger partial charge in [-0.1, -0.05) is 12.1 Å². The molecule has 0 radical (unpaired) electrons. The van der Waals surface area contributed by atoms with Crippen molar-refractivity contribution in [3.05, 3.63) is 29.8 Å². The van der Waals surface area contributed by atoms with Gasteiger partial charge in [0.2, 0.25) is 6.08 Å². The summed E-state index contributed by atoms with van der Waals surface area (Å²) in [6, 6.07) is 8.03. The molecule has 0 spiro atoms. The van der Waals surface area contributed by atoms with E-state index in [0.717, 1.165) is 43.1 Å². The summed E-state index contributed by atoms with van der Waals surface area (Å²) < 4.78 is 5.70. The van der Waals surface area contributed by atoms with Gasteiger partial charge in [-0.05, 0) is 55.7 Å². The van der Waals surface area contributed by atoms with E-state index in [9.17, 15) is 4.79 Å². The van der Waals surface area contributed by atoms with E-state index in [-0.39, 0.29) is 5.54 Å². The highest BCUT2D eigenvalue weighted by Gasteiger charge is 2.38. The van der Waals surface area contributed by atoms with Gasteiger partial charge in [-0.15, -0.1) is 0 Å². The number of benzene rings is 1. The van der Waals surface area contributed by atoms with Gasteiger partial charge in [0.25, 0.3) is 0 Å². The van der Waals surface area contributed by atoms with Crippen LogP contribution in [-0.2, 0) is 10.3 Å². The van der Waals surface area contributed by atoms with Crippen molar-refractivity contribution in [1.29, 1.82) is 0 Å². The van der Waals surface area contributed by atoms with Crippen molar-refractivity contribution in [2.24, 2.45) is 10.9 Å². The number of hydrogen-bond acceptors (Lipinski definition) is 3. The molecule has 0 unspecified atom stereocenters. The van der Waals surface area contributed by atoms with Gasteiger partial charge in [-0.25, -0.2) is 4.79 Å². The second kappa shape index (κ2) is 4.58. The zero-order valence-corrected chi connectivity index (χ0v) is 10.4. The van der Waals surface area contributed by atoms with E-state index < -0.39 is 0 Å². The SMILES string of the molecule is O=C=NC1(c2ccc(OCC3CC3)cc2)CCC1. The molecule has 1 aromatic carbocycles. The summed E-state index contributed by atoms with van der Waals surface area (Å²) in [7, 11) is 0. The Morgan fingerprint density at radius 2 is 2.00 bits per heavy atom. The highest BCUT2D eigenvalue weighted by atomic mass is 16.5. The monoisotopic (exact) mass is 243 g/mol. The smallest absolute Gasteiger partial charge is 0.235 e. The predicted molar refractivity (Wildman–Crippen MR) is 68.3 cm³/mol. The second-order valence-electron chi connectivity index (χ2n) is 5.37. The van der Waals surface area contributed by atoms with Crippen molar-refractivity contribution < 1.29 is 9.53 Å². The van der Waals surface area contributed by atoms with Crippen molar-refractivity contribution in [2.75, 3.05) is 6.61 Å². The fourth-order valence-corrected chi connectivity index (χ4v) is 2.42. The van der Waals surface area contributed by atoms with E-state index in [4.69, 9.17) is 4.74 Å². The molecule has 2 aliphatic carbocycles. The first-order chi connectivity index (χ1) is 8.82. The molecule has 1 aromatic rings. The van der Waals surface area contributed by atoms with Gasteiger partial charge in [-0.3, -0.25) is 0 Å². The van der Waals surface area contributed by atoms with Crippen LogP contribution in [0.5, 0.6) is 5.75 Å². The molecule has 0 heterocycles. The zero-order chi connectivity index (χ0) is 12.4. The minimum atomic E-state index is -0.295. The molecule has 3 rings (SSSR count). The third kappa shape index (κ3) is 2.19. The van der Waals surface area contributed by atoms with E-state index in [2.05, 4.69) is 4.99 Å². The summed E-state index contributed by atoms with van der Waals surface area (Å²) >= 11 is 0. The van der Waals surface area contributed by atoms with Crippen LogP contribution >= 0.6 is 0 Å². The molecule has 0 atom stereocenters. The first-order valence-electron chi connectivity index (χ1n) is 6.65. The van der Waals surface area contributed by atoms with Gasteiger partial charge in [0, 0.05) is 0 Å². The van der Waals surface area contributed by atoms with E-state index in [1.807, 2.05) is 24.3 Å². The van der Waals surface area contributed by atoms with Crippen LogP contribution in [0.15, 0.2) is 29.3 Å². The average Bonchev–Trinajstić information content (AvgIpc) is 3.16. The quantitative estimate of drug-likeness (QED) is 0.588. The predicted octanol–water partition coefficient (Wildman–Crippen LogP) is 3.19. The normalized spacial score (nSPS) is 20.7. The molecule has 0 aromatic heterocycles. The van der Waals surface area contributed by atoms with Crippen LogP contribution in [0.2, 0.25) is 0 Å². The van der Waals surface area contributed by atoms with E-state index in [1.165, 1.54) is 12.8 Å². The van der Waals surface area contributed by atoms with Crippen LogP contribution in [-0.4, -0.2) is 12.7 Å². The largest absolute Gasteiger partial charge is 0.493 e. The zero-order valence-electron chi connectivity index (χ0n) is 10.4.